The van der Waals surface area contributed by atoms with Crippen LogP contribution in [0.2, 0.25) is 5.02 Å². The molecule has 1 aromatic heterocycles. The van der Waals surface area contributed by atoms with Crippen molar-refractivity contribution in [1.82, 2.24) is 15.1 Å². The van der Waals surface area contributed by atoms with Crippen LogP contribution in [0.1, 0.15) is 23.3 Å². The number of aliphatic hydroxyl groups excluding tert-OH is 1. The first-order valence-corrected chi connectivity index (χ1v) is 7.68. The zero-order valence-electron chi connectivity index (χ0n) is 12.3. The Balaban J connectivity index is 1.72. The third kappa shape index (κ3) is 3.15. The van der Waals surface area contributed by atoms with Gasteiger partial charge in [-0.05, 0) is 30.9 Å². The van der Waals surface area contributed by atoms with Crippen molar-refractivity contribution in [1.29, 1.82) is 0 Å². The maximum atomic E-state index is 12.4. The van der Waals surface area contributed by atoms with Crippen molar-refractivity contribution in [3.63, 3.8) is 0 Å². The second-order valence-electron chi connectivity index (χ2n) is 5.74. The highest BCUT2D eigenvalue weighted by atomic mass is 35.5. The first kappa shape index (κ1) is 15.1. The van der Waals surface area contributed by atoms with Crippen molar-refractivity contribution < 1.29 is 9.90 Å². The summed E-state index contributed by atoms with van der Waals surface area (Å²) in [5, 5.41) is 17.4. The van der Waals surface area contributed by atoms with Gasteiger partial charge in [-0.1, -0.05) is 29.8 Å². The summed E-state index contributed by atoms with van der Waals surface area (Å²) in [5.74, 6) is 0.154. The molecule has 2 N–H and O–H groups in total. The van der Waals surface area contributed by atoms with Crippen LogP contribution in [-0.4, -0.2) is 45.8 Å². The summed E-state index contributed by atoms with van der Waals surface area (Å²) >= 11 is 6.14. The molecule has 1 saturated carbocycles. The molecule has 0 radical (unpaired) electrons. The molecule has 116 valence electrons. The summed E-state index contributed by atoms with van der Waals surface area (Å²) in [6.45, 7) is 0.337. The third-order valence-electron chi connectivity index (χ3n) is 3.93. The van der Waals surface area contributed by atoms with Gasteiger partial charge in [-0.25, -0.2) is 0 Å². The molecule has 22 heavy (non-hydrogen) atoms. The lowest BCUT2D eigenvalue weighted by Crippen LogP contribution is -2.35. The van der Waals surface area contributed by atoms with Gasteiger partial charge in [0.05, 0.1) is 16.8 Å². The van der Waals surface area contributed by atoms with Crippen molar-refractivity contribution in [2.75, 3.05) is 13.6 Å². The number of carbonyl (C=O) groups excluding carboxylic acids is 1. The molecule has 1 heterocycles. The number of likely N-dealkylation sites (N-methyl/N-ethyl adjacent to an activating group) is 1. The highest BCUT2D eigenvalue weighted by molar-refractivity contribution is 6.33. The molecule has 6 heteroatoms. The maximum Gasteiger partial charge on any atom is 0.271 e. The number of benzene rings is 1. The van der Waals surface area contributed by atoms with Gasteiger partial charge in [0.2, 0.25) is 0 Å². The van der Waals surface area contributed by atoms with Crippen LogP contribution >= 0.6 is 11.6 Å². The zero-order chi connectivity index (χ0) is 15.7. The first-order chi connectivity index (χ1) is 10.6. The molecule has 1 aliphatic rings. The molecule has 0 aliphatic heterocycles. The van der Waals surface area contributed by atoms with Crippen LogP contribution in [0.5, 0.6) is 0 Å². The van der Waals surface area contributed by atoms with E-state index in [1.165, 1.54) is 4.90 Å². The number of carbonyl (C=O) groups is 1. The van der Waals surface area contributed by atoms with Crippen LogP contribution < -0.4 is 0 Å². The summed E-state index contributed by atoms with van der Waals surface area (Å²) in [6, 6.07) is 9.04. The lowest BCUT2D eigenvalue weighted by molar-refractivity contribution is 0.0640. The van der Waals surface area contributed by atoms with E-state index in [0.29, 0.717) is 28.9 Å². The number of rotatable bonds is 5. The largest absolute Gasteiger partial charge is 0.391 e. The predicted octanol–water partition coefficient (Wildman–Crippen LogP) is 2.57. The smallest absolute Gasteiger partial charge is 0.271 e. The summed E-state index contributed by atoms with van der Waals surface area (Å²) in [6.07, 6.45) is 1.65. The van der Waals surface area contributed by atoms with Gasteiger partial charge in [0.25, 0.3) is 5.91 Å². The van der Waals surface area contributed by atoms with Crippen LogP contribution in [-0.2, 0) is 0 Å². The van der Waals surface area contributed by atoms with Gasteiger partial charge in [-0.3, -0.25) is 9.89 Å². The van der Waals surface area contributed by atoms with Gasteiger partial charge >= 0.3 is 0 Å². The minimum atomic E-state index is -0.445. The number of aromatic nitrogens is 2. The number of aromatic amines is 1. The molecule has 1 fully saturated rings. The molecule has 2 aromatic rings. The highest BCUT2D eigenvalue weighted by Gasteiger charge is 2.31. The summed E-state index contributed by atoms with van der Waals surface area (Å²) in [4.78, 5) is 13.9. The number of amides is 1. The third-order valence-corrected chi connectivity index (χ3v) is 4.26. The van der Waals surface area contributed by atoms with Crippen molar-refractivity contribution in [2.24, 2.45) is 5.92 Å². The average Bonchev–Trinajstić information content (AvgIpc) is 3.25. The Morgan fingerprint density at radius 3 is 2.91 bits per heavy atom. The van der Waals surface area contributed by atoms with Crippen LogP contribution in [0, 0.1) is 5.92 Å². The molecular weight excluding hydrogens is 302 g/mol. The van der Waals surface area contributed by atoms with Gasteiger partial charge in [0.15, 0.2) is 0 Å². The Hall–Kier alpha value is -1.85. The Labute approximate surface area is 133 Å². The van der Waals surface area contributed by atoms with Gasteiger partial charge in [0, 0.05) is 19.2 Å². The van der Waals surface area contributed by atoms with Gasteiger partial charge in [0.1, 0.15) is 5.69 Å². The first-order valence-electron chi connectivity index (χ1n) is 7.30. The van der Waals surface area contributed by atoms with Crippen LogP contribution in [0.4, 0.5) is 0 Å². The summed E-state index contributed by atoms with van der Waals surface area (Å²) < 4.78 is 0. The topological polar surface area (TPSA) is 69.2 Å². The molecule has 0 bridgehead atoms. The fourth-order valence-corrected chi connectivity index (χ4v) is 2.67. The van der Waals surface area contributed by atoms with Gasteiger partial charge in [-0.15, -0.1) is 0 Å². The normalized spacial score (nSPS) is 15.6. The van der Waals surface area contributed by atoms with E-state index < -0.39 is 6.10 Å². The van der Waals surface area contributed by atoms with E-state index in [2.05, 4.69) is 10.2 Å². The van der Waals surface area contributed by atoms with E-state index in [9.17, 15) is 9.90 Å². The molecule has 1 unspecified atom stereocenters. The number of halogens is 1. The molecule has 5 nitrogen and oxygen atoms in total. The van der Waals surface area contributed by atoms with Crippen LogP contribution in [0.3, 0.4) is 0 Å². The van der Waals surface area contributed by atoms with Crippen LogP contribution in [0.15, 0.2) is 30.3 Å². The summed E-state index contributed by atoms with van der Waals surface area (Å²) in [7, 11) is 1.68. The molecule has 1 aromatic carbocycles. The second-order valence-corrected chi connectivity index (χ2v) is 6.14. The quantitative estimate of drug-likeness (QED) is 0.890. The Bertz CT molecular complexity index is 682. The number of nitrogens with one attached hydrogen (secondary N) is 1. The second kappa shape index (κ2) is 6.10. The van der Waals surface area contributed by atoms with Gasteiger partial charge < -0.3 is 10.0 Å². The molecule has 1 amide bonds. The van der Waals surface area contributed by atoms with E-state index in [-0.39, 0.29) is 5.91 Å². The Morgan fingerprint density at radius 1 is 1.50 bits per heavy atom. The fourth-order valence-electron chi connectivity index (χ4n) is 2.44. The number of H-pyrrole nitrogens is 1. The minimum absolute atomic E-state index is 0.189. The highest BCUT2D eigenvalue weighted by Crippen LogP contribution is 2.33. The molecule has 3 rings (SSSR count). The summed E-state index contributed by atoms with van der Waals surface area (Å²) in [5.41, 5.74) is 1.80. The zero-order valence-corrected chi connectivity index (χ0v) is 13.0. The molecule has 0 spiro atoms. The van der Waals surface area contributed by atoms with Crippen molar-refractivity contribution in [2.45, 2.75) is 18.9 Å². The number of aliphatic hydroxyl groups is 1. The van der Waals surface area contributed by atoms with E-state index in [4.69, 9.17) is 11.6 Å². The molecule has 0 saturated heterocycles. The van der Waals surface area contributed by atoms with Crippen molar-refractivity contribution in [3.8, 4) is 11.3 Å². The van der Waals surface area contributed by atoms with E-state index >= 15 is 0 Å². The Kier molecular flexibility index (Phi) is 4.18. The maximum absolute atomic E-state index is 12.4. The number of hydrogen-bond acceptors (Lipinski definition) is 3. The SMILES string of the molecule is CN(CC(O)C1CC1)C(=O)c1cc(-c2ccccc2Cl)n[nH]1. The standard InChI is InChI=1S/C16H18ClN3O2/c1-20(9-15(21)10-6-7-10)16(22)14-8-13(18-19-14)11-4-2-3-5-12(11)17/h2-5,8,10,15,21H,6-7,9H2,1H3,(H,18,19). The molecule has 1 aliphatic carbocycles. The van der Waals surface area contributed by atoms with Crippen LogP contribution in [0.25, 0.3) is 11.3 Å². The Morgan fingerprint density at radius 2 is 2.23 bits per heavy atom. The average molecular weight is 320 g/mol. The monoisotopic (exact) mass is 319 g/mol. The van der Waals surface area contributed by atoms with Crippen molar-refractivity contribution in [3.05, 3.63) is 41.0 Å². The fraction of sp³-hybridized carbons (Fsp3) is 0.375. The minimum Gasteiger partial charge on any atom is -0.391 e. The number of hydrogen-bond donors (Lipinski definition) is 2. The van der Waals surface area contributed by atoms with Gasteiger partial charge in [-0.2, -0.15) is 5.10 Å². The lowest BCUT2D eigenvalue weighted by Gasteiger charge is -2.19. The van der Waals surface area contributed by atoms with E-state index in [0.717, 1.165) is 18.4 Å². The van der Waals surface area contributed by atoms with Crippen molar-refractivity contribution >= 4 is 17.5 Å². The lowest BCUT2D eigenvalue weighted by atomic mass is 10.1. The molecular formula is C16H18ClN3O2. The predicted molar refractivity (Wildman–Crippen MR) is 84.7 cm³/mol. The number of nitrogens with zero attached hydrogens (tertiary/aromatic N) is 2. The van der Waals surface area contributed by atoms with E-state index in [1.54, 1.807) is 19.2 Å². The van der Waals surface area contributed by atoms with E-state index in [1.807, 2.05) is 18.2 Å². The molecule has 1 atom stereocenters.